The first-order chi connectivity index (χ1) is 10.3. The molecule has 3 rings (SSSR count). The van der Waals surface area contributed by atoms with Gasteiger partial charge in [-0.3, -0.25) is 0 Å². The van der Waals surface area contributed by atoms with E-state index in [0.29, 0.717) is 12.1 Å². The van der Waals surface area contributed by atoms with E-state index in [1.54, 1.807) is 0 Å². The molecule has 0 spiro atoms. The Labute approximate surface area is 133 Å². The third-order valence-electron chi connectivity index (χ3n) is 5.00. The monoisotopic (exact) mass is 307 g/mol. The van der Waals surface area contributed by atoms with Crippen LogP contribution in [-0.2, 0) is 6.42 Å². The molecular weight excluding hydrogens is 278 g/mol. The maximum absolute atomic E-state index is 4.99. The van der Waals surface area contributed by atoms with Crippen molar-refractivity contribution < 1.29 is 0 Å². The SMILES string of the molecule is CCCNC1CCCc2nc(N(C)C3CCCCC3)sc21. The van der Waals surface area contributed by atoms with Crippen LogP contribution in [0.5, 0.6) is 0 Å². The number of thiazole rings is 1. The van der Waals surface area contributed by atoms with Gasteiger partial charge in [-0.25, -0.2) is 4.98 Å². The second-order valence-corrected chi connectivity index (χ2v) is 7.62. The van der Waals surface area contributed by atoms with Crippen molar-refractivity contribution in [2.45, 2.75) is 76.8 Å². The highest BCUT2D eigenvalue weighted by Gasteiger charge is 2.27. The van der Waals surface area contributed by atoms with Gasteiger partial charge in [0.2, 0.25) is 0 Å². The number of hydrogen-bond donors (Lipinski definition) is 1. The first kappa shape index (κ1) is 15.3. The molecule has 1 heterocycles. The normalized spacial score (nSPS) is 23.0. The lowest BCUT2D eigenvalue weighted by molar-refractivity contribution is 0.427. The fourth-order valence-electron chi connectivity index (χ4n) is 3.70. The number of fused-ring (bicyclic) bond motifs is 1. The van der Waals surface area contributed by atoms with Crippen LogP contribution in [0, 0.1) is 0 Å². The molecule has 1 N–H and O–H groups in total. The molecule has 1 aromatic rings. The summed E-state index contributed by atoms with van der Waals surface area (Å²) in [6.07, 6.45) is 11.8. The van der Waals surface area contributed by atoms with Crippen LogP contribution >= 0.6 is 11.3 Å². The van der Waals surface area contributed by atoms with E-state index < -0.39 is 0 Å². The van der Waals surface area contributed by atoms with Crippen LogP contribution in [0.25, 0.3) is 0 Å². The zero-order chi connectivity index (χ0) is 14.7. The van der Waals surface area contributed by atoms with E-state index in [9.17, 15) is 0 Å². The fourth-order valence-corrected chi connectivity index (χ4v) is 4.95. The Bertz CT molecular complexity index is 451. The first-order valence-electron chi connectivity index (χ1n) is 8.75. The number of anilines is 1. The van der Waals surface area contributed by atoms with E-state index in [4.69, 9.17) is 4.98 Å². The van der Waals surface area contributed by atoms with Crippen LogP contribution in [0.4, 0.5) is 5.13 Å². The highest BCUT2D eigenvalue weighted by molar-refractivity contribution is 7.15. The van der Waals surface area contributed by atoms with Gasteiger partial charge in [-0.05, 0) is 45.1 Å². The predicted octanol–water partition coefficient (Wildman–Crippen LogP) is 4.29. The molecule has 2 aliphatic carbocycles. The van der Waals surface area contributed by atoms with E-state index in [1.165, 1.54) is 73.5 Å². The van der Waals surface area contributed by atoms with Crippen LogP contribution in [0.2, 0.25) is 0 Å². The topological polar surface area (TPSA) is 28.2 Å². The molecule has 0 saturated heterocycles. The number of nitrogens with one attached hydrogen (secondary N) is 1. The minimum absolute atomic E-state index is 0.555. The van der Waals surface area contributed by atoms with Gasteiger partial charge in [-0.15, -0.1) is 0 Å². The average molecular weight is 308 g/mol. The molecule has 118 valence electrons. The molecule has 1 saturated carbocycles. The minimum Gasteiger partial charge on any atom is -0.348 e. The van der Waals surface area contributed by atoms with E-state index in [1.807, 2.05) is 11.3 Å². The summed E-state index contributed by atoms with van der Waals surface area (Å²) >= 11 is 1.95. The second kappa shape index (κ2) is 7.10. The molecule has 0 amide bonds. The van der Waals surface area contributed by atoms with Crippen molar-refractivity contribution in [3.05, 3.63) is 10.6 Å². The van der Waals surface area contributed by atoms with Crippen molar-refractivity contribution in [3.63, 3.8) is 0 Å². The Kier molecular flexibility index (Phi) is 5.17. The third kappa shape index (κ3) is 3.42. The van der Waals surface area contributed by atoms with Gasteiger partial charge in [0.25, 0.3) is 0 Å². The number of aromatic nitrogens is 1. The molecule has 4 heteroatoms. The quantitative estimate of drug-likeness (QED) is 0.879. The van der Waals surface area contributed by atoms with Crippen molar-refractivity contribution >= 4 is 16.5 Å². The standard InChI is InChI=1S/C17H29N3S/c1-3-12-18-14-10-7-11-15-16(14)21-17(19-15)20(2)13-8-5-4-6-9-13/h13-14,18H,3-12H2,1-2H3. The molecule has 0 bridgehead atoms. The maximum atomic E-state index is 4.99. The van der Waals surface area contributed by atoms with E-state index >= 15 is 0 Å². The van der Waals surface area contributed by atoms with Crippen LogP contribution in [0.1, 0.15) is 74.9 Å². The number of nitrogens with zero attached hydrogens (tertiary/aromatic N) is 2. The Morgan fingerprint density at radius 3 is 2.76 bits per heavy atom. The summed E-state index contributed by atoms with van der Waals surface area (Å²) in [7, 11) is 2.26. The lowest BCUT2D eigenvalue weighted by Gasteiger charge is -2.30. The van der Waals surface area contributed by atoms with Crippen LogP contribution in [0.3, 0.4) is 0 Å². The van der Waals surface area contributed by atoms with Gasteiger partial charge in [-0.1, -0.05) is 37.5 Å². The number of hydrogen-bond acceptors (Lipinski definition) is 4. The largest absolute Gasteiger partial charge is 0.348 e. The maximum Gasteiger partial charge on any atom is 0.185 e. The zero-order valence-corrected chi connectivity index (χ0v) is 14.3. The van der Waals surface area contributed by atoms with Crippen molar-refractivity contribution in [3.8, 4) is 0 Å². The molecule has 1 atom stereocenters. The summed E-state index contributed by atoms with van der Waals surface area (Å²) in [5.41, 5.74) is 1.37. The molecule has 1 aromatic heterocycles. The molecule has 21 heavy (non-hydrogen) atoms. The summed E-state index contributed by atoms with van der Waals surface area (Å²) in [6.45, 7) is 3.36. The van der Waals surface area contributed by atoms with Gasteiger partial charge in [0.1, 0.15) is 0 Å². The Morgan fingerprint density at radius 2 is 2.00 bits per heavy atom. The van der Waals surface area contributed by atoms with Gasteiger partial charge in [0, 0.05) is 24.0 Å². The lowest BCUT2D eigenvalue weighted by atomic mass is 9.95. The Balaban J connectivity index is 1.74. The smallest absolute Gasteiger partial charge is 0.185 e. The molecule has 0 aromatic carbocycles. The van der Waals surface area contributed by atoms with Gasteiger partial charge in [-0.2, -0.15) is 0 Å². The van der Waals surface area contributed by atoms with E-state index in [2.05, 4.69) is 24.2 Å². The van der Waals surface area contributed by atoms with Gasteiger partial charge >= 0.3 is 0 Å². The first-order valence-corrected chi connectivity index (χ1v) is 9.57. The van der Waals surface area contributed by atoms with Crippen LogP contribution in [-0.4, -0.2) is 24.6 Å². The molecule has 0 radical (unpaired) electrons. The number of rotatable bonds is 5. The highest BCUT2D eigenvalue weighted by atomic mass is 32.1. The minimum atomic E-state index is 0.555. The molecule has 2 aliphatic rings. The molecule has 3 nitrogen and oxygen atoms in total. The second-order valence-electron chi connectivity index (χ2n) is 6.61. The van der Waals surface area contributed by atoms with E-state index in [-0.39, 0.29) is 0 Å². The summed E-state index contributed by atoms with van der Waals surface area (Å²) in [5, 5.41) is 4.97. The summed E-state index contributed by atoms with van der Waals surface area (Å²) in [6, 6.07) is 1.27. The lowest BCUT2D eigenvalue weighted by Crippen LogP contribution is -2.33. The zero-order valence-electron chi connectivity index (χ0n) is 13.5. The van der Waals surface area contributed by atoms with Crippen molar-refractivity contribution in [2.75, 3.05) is 18.5 Å². The summed E-state index contributed by atoms with van der Waals surface area (Å²) in [5.74, 6) is 0. The molecular formula is C17H29N3S. The van der Waals surface area contributed by atoms with Gasteiger partial charge in [0.15, 0.2) is 5.13 Å². The molecule has 1 unspecified atom stereocenters. The predicted molar refractivity (Wildman–Crippen MR) is 91.4 cm³/mol. The third-order valence-corrected chi connectivity index (χ3v) is 6.31. The fraction of sp³-hybridized carbons (Fsp3) is 0.824. The van der Waals surface area contributed by atoms with E-state index in [0.717, 1.165) is 6.54 Å². The van der Waals surface area contributed by atoms with Crippen LogP contribution in [0.15, 0.2) is 0 Å². The Morgan fingerprint density at radius 1 is 1.19 bits per heavy atom. The summed E-state index contributed by atoms with van der Waals surface area (Å²) < 4.78 is 0. The molecule has 0 aliphatic heterocycles. The van der Waals surface area contributed by atoms with Crippen molar-refractivity contribution in [1.82, 2.24) is 10.3 Å². The average Bonchev–Trinajstić information content (AvgIpc) is 2.97. The summed E-state index contributed by atoms with van der Waals surface area (Å²) in [4.78, 5) is 8.98. The van der Waals surface area contributed by atoms with Gasteiger partial charge in [0.05, 0.1) is 5.69 Å². The molecule has 1 fully saturated rings. The number of aryl methyl sites for hydroxylation is 1. The Hall–Kier alpha value is -0.610. The van der Waals surface area contributed by atoms with Crippen molar-refractivity contribution in [1.29, 1.82) is 0 Å². The highest BCUT2D eigenvalue weighted by Crippen LogP contribution is 2.38. The van der Waals surface area contributed by atoms with Crippen LogP contribution < -0.4 is 10.2 Å². The van der Waals surface area contributed by atoms with Gasteiger partial charge < -0.3 is 10.2 Å². The van der Waals surface area contributed by atoms with Crippen molar-refractivity contribution in [2.24, 2.45) is 0 Å².